The minimum Gasteiger partial charge on any atom is -0.507 e. The summed E-state index contributed by atoms with van der Waals surface area (Å²) in [7, 11) is 0. The summed E-state index contributed by atoms with van der Waals surface area (Å²) in [5, 5.41) is 18.6. The van der Waals surface area contributed by atoms with Gasteiger partial charge in [0.05, 0.1) is 0 Å². The van der Waals surface area contributed by atoms with Crippen molar-refractivity contribution in [3.05, 3.63) is 54.1 Å². The van der Waals surface area contributed by atoms with Crippen LogP contribution in [0.3, 0.4) is 0 Å². The SMILES string of the molecule is O=C(O)CCc1ccccc1-c1ccccc1O. The Morgan fingerprint density at radius 2 is 1.56 bits per heavy atom. The van der Waals surface area contributed by atoms with E-state index in [1.807, 2.05) is 36.4 Å². The van der Waals surface area contributed by atoms with Crippen LogP contribution in [-0.2, 0) is 11.2 Å². The molecule has 0 aromatic heterocycles. The number of hydrogen-bond donors (Lipinski definition) is 2. The highest BCUT2D eigenvalue weighted by Crippen LogP contribution is 2.31. The molecule has 0 aliphatic carbocycles. The maximum absolute atomic E-state index is 10.6. The van der Waals surface area contributed by atoms with Crippen LogP contribution in [0.2, 0.25) is 0 Å². The van der Waals surface area contributed by atoms with Gasteiger partial charge in [-0.05, 0) is 23.6 Å². The summed E-state index contributed by atoms with van der Waals surface area (Å²) in [6, 6.07) is 14.6. The fourth-order valence-corrected chi connectivity index (χ4v) is 1.94. The van der Waals surface area contributed by atoms with Crippen molar-refractivity contribution in [2.24, 2.45) is 0 Å². The van der Waals surface area contributed by atoms with E-state index in [-0.39, 0.29) is 12.2 Å². The quantitative estimate of drug-likeness (QED) is 0.866. The fourth-order valence-electron chi connectivity index (χ4n) is 1.94. The summed E-state index contributed by atoms with van der Waals surface area (Å²) in [6.07, 6.45) is 0.546. The highest BCUT2D eigenvalue weighted by molar-refractivity contribution is 5.74. The monoisotopic (exact) mass is 242 g/mol. The number of carbonyl (C=O) groups is 1. The van der Waals surface area contributed by atoms with Crippen LogP contribution in [0.1, 0.15) is 12.0 Å². The Hall–Kier alpha value is -2.29. The molecular formula is C15H14O3. The predicted molar refractivity (Wildman–Crippen MR) is 69.5 cm³/mol. The molecule has 2 aromatic rings. The third kappa shape index (κ3) is 2.69. The number of carboxylic acid groups (broad SMARTS) is 1. The van der Waals surface area contributed by atoms with E-state index >= 15 is 0 Å². The van der Waals surface area contributed by atoms with Crippen LogP contribution in [-0.4, -0.2) is 16.2 Å². The Bertz CT molecular complexity index is 561. The lowest BCUT2D eigenvalue weighted by molar-refractivity contribution is -0.136. The molecule has 0 saturated heterocycles. The Morgan fingerprint density at radius 1 is 0.944 bits per heavy atom. The molecule has 2 rings (SSSR count). The van der Waals surface area contributed by atoms with Gasteiger partial charge in [0.2, 0.25) is 0 Å². The maximum atomic E-state index is 10.6. The van der Waals surface area contributed by atoms with E-state index in [2.05, 4.69) is 0 Å². The Morgan fingerprint density at radius 3 is 2.22 bits per heavy atom. The first kappa shape index (κ1) is 12.2. The van der Waals surface area contributed by atoms with Crippen LogP contribution < -0.4 is 0 Å². The lowest BCUT2D eigenvalue weighted by Gasteiger charge is -2.10. The molecule has 0 aliphatic rings. The van der Waals surface area contributed by atoms with Gasteiger partial charge in [-0.3, -0.25) is 4.79 Å². The predicted octanol–water partition coefficient (Wildman–Crippen LogP) is 3.08. The summed E-state index contributed by atoms with van der Waals surface area (Å²) in [4.78, 5) is 10.6. The Kier molecular flexibility index (Phi) is 3.63. The maximum Gasteiger partial charge on any atom is 0.303 e. The van der Waals surface area contributed by atoms with Gasteiger partial charge in [-0.25, -0.2) is 0 Å². The second-order valence-corrected chi connectivity index (χ2v) is 4.07. The molecule has 0 aliphatic heterocycles. The number of phenolic OH excluding ortho intramolecular Hbond substituents is 1. The van der Waals surface area contributed by atoms with Crippen molar-refractivity contribution in [3.63, 3.8) is 0 Å². The minimum absolute atomic E-state index is 0.0879. The van der Waals surface area contributed by atoms with Gasteiger partial charge in [0, 0.05) is 12.0 Å². The number of rotatable bonds is 4. The third-order valence-corrected chi connectivity index (χ3v) is 2.82. The fraction of sp³-hybridized carbons (Fsp3) is 0.133. The second-order valence-electron chi connectivity index (χ2n) is 4.07. The number of aromatic hydroxyl groups is 1. The van der Waals surface area contributed by atoms with Crippen molar-refractivity contribution in [1.29, 1.82) is 0 Å². The normalized spacial score (nSPS) is 10.2. The van der Waals surface area contributed by atoms with E-state index in [1.54, 1.807) is 12.1 Å². The van der Waals surface area contributed by atoms with E-state index in [0.29, 0.717) is 6.42 Å². The van der Waals surface area contributed by atoms with Gasteiger partial charge >= 0.3 is 5.97 Å². The second kappa shape index (κ2) is 5.36. The van der Waals surface area contributed by atoms with Crippen LogP contribution in [0.4, 0.5) is 0 Å². The molecule has 3 nitrogen and oxygen atoms in total. The lowest BCUT2D eigenvalue weighted by Crippen LogP contribution is -1.98. The molecule has 3 heteroatoms. The van der Waals surface area contributed by atoms with E-state index in [4.69, 9.17) is 5.11 Å². The summed E-state index contributed by atoms with van der Waals surface area (Å²) in [6.45, 7) is 0. The van der Waals surface area contributed by atoms with Crippen molar-refractivity contribution in [2.45, 2.75) is 12.8 Å². The van der Waals surface area contributed by atoms with Gasteiger partial charge in [0.1, 0.15) is 5.75 Å². The van der Waals surface area contributed by atoms with E-state index < -0.39 is 5.97 Å². The number of hydrogen-bond acceptors (Lipinski definition) is 2. The summed E-state index contributed by atoms with van der Waals surface area (Å²) in [5.74, 6) is -0.609. The van der Waals surface area contributed by atoms with Gasteiger partial charge in [-0.2, -0.15) is 0 Å². The number of aryl methyl sites for hydroxylation is 1. The molecule has 0 radical (unpaired) electrons. The van der Waals surface area contributed by atoms with Crippen LogP contribution in [0.15, 0.2) is 48.5 Å². The molecule has 0 spiro atoms. The first-order chi connectivity index (χ1) is 8.68. The number of carboxylic acids is 1. The van der Waals surface area contributed by atoms with E-state index in [1.165, 1.54) is 0 Å². The average molecular weight is 242 g/mol. The molecule has 2 N–H and O–H groups in total. The van der Waals surface area contributed by atoms with Crippen molar-refractivity contribution in [2.75, 3.05) is 0 Å². The molecule has 18 heavy (non-hydrogen) atoms. The lowest BCUT2D eigenvalue weighted by atomic mass is 9.96. The first-order valence-corrected chi connectivity index (χ1v) is 5.76. The molecule has 2 aromatic carbocycles. The van der Waals surface area contributed by atoms with Crippen LogP contribution in [0.25, 0.3) is 11.1 Å². The molecule has 0 fully saturated rings. The minimum atomic E-state index is -0.818. The smallest absolute Gasteiger partial charge is 0.303 e. The van der Waals surface area contributed by atoms with Crippen molar-refractivity contribution < 1.29 is 15.0 Å². The van der Waals surface area contributed by atoms with Crippen LogP contribution in [0.5, 0.6) is 5.75 Å². The molecule has 0 bridgehead atoms. The van der Waals surface area contributed by atoms with Crippen LogP contribution in [0, 0.1) is 0 Å². The third-order valence-electron chi connectivity index (χ3n) is 2.82. The molecule has 0 atom stereocenters. The Labute approximate surface area is 105 Å². The summed E-state index contributed by atoms with van der Waals surface area (Å²) in [5.41, 5.74) is 2.55. The molecule has 0 saturated carbocycles. The summed E-state index contributed by atoms with van der Waals surface area (Å²) < 4.78 is 0. The zero-order valence-electron chi connectivity index (χ0n) is 9.84. The largest absolute Gasteiger partial charge is 0.507 e. The zero-order valence-corrected chi connectivity index (χ0v) is 9.84. The number of para-hydroxylation sites is 1. The number of aliphatic carboxylic acids is 1. The molecule has 92 valence electrons. The molecule has 0 unspecified atom stereocenters. The van der Waals surface area contributed by atoms with Gasteiger partial charge in [-0.15, -0.1) is 0 Å². The number of benzene rings is 2. The van der Waals surface area contributed by atoms with Gasteiger partial charge in [0.25, 0.3) is 0 Å². The van der Waals surface area contributed by atoms with Gasteiger partial charge in [0.15, 0.2) is 0 Å². The topological polar surface area (TPSA) is 57.5 Å². The van der Waals surface area contributed by atoms with Gasteiger partial charge in [-0.1, -0.05) is 42.5 Å². The van der Waals surface area contributed by atoms with Crippen molar-refractivity contribution in [3.8, 4) is 16.9 Å². The summed E-state index contributed by atoms with van der Waals surface area (Å²) >= 11 is 0. The van der Waals surface area contributed by atoms with Gasteiger partial charge < -0.3 is 10.2 Å². The first-order valence-electron chi connectivity index (χ1n) is 5.76. The van der Waals surface area contributed by atoms with Crippen LogP contribution >= 0.6 is 0 Å². The highest BCUT2D eigenvalue weighted by Gasteiger charge is 2.09. The van der Waals surface area contributed by atoms with E-state index in [9.17, 15) is 9.90 Å². The van der Waals surface area contributed by atoms with Crippen molar-refractivity contribution >= 4 is 5.97 Å². The zero-order chi connectivity index (χ0) is 13.0. The Balaban J connectivity index is 2.39. The van der Waals surface area contributed by atoms with Crippen molar-refractivity contribution in [1.82, 2.24) is 0 Å². The molecular weight excluding hydrogens is 228 g/mol. The average Bonchev–Trinajstić information content (AvgIpc) is 2.37. The van der Waals surface area contributed by atoms with E-state index in [0.717, 1.165) is 16.7 Å². The highest BCUT2D eigenvalue weighted by atomic mass is 16.4. The number of phenols is 1. The molecule has 0 heterocycles. The standard InChI is InChI=1S/C15H14O3/c16-14-8-4-3-7-13(14)12-6-2-1-5-11(12)9-10-15(17)18/h1-8,16H,9-10H2,(H,17,18). The molecule has 0 amide bonds.